The molecule has 2 atom stereocenters. The summed E-state index contributed by atoms with van der Waals surface area (Å²) in [7, 11) is 0. The van der Waals surface area contributed by atoms with Gasteiger partial charge in [0.05, 0.1) is 25.6 Å². The highest BCUT2D eigenvalue weighted by Crippen LogP contribution is 2.22. The van der Waals surface area contributed by atoms with Gasteiger partial charge in [0.1, 0.15) is 0 Å². The van der Waals surface area contributed by atoms with E-state index in [0.717, 1.165) is 51.6 Å². The predicted molar refractivity (Wildman–Crippen MR) is 231 cm³/mol. The molecule has 0 aromatic rings. The number of unbranched alkanes of at least 4 members (excludes halogenated alkanes) is 16. The predicted octanol–water partition coefficient (Wildman–Crippen LogP) is 11.4. The summed E-state index contributed by atoms with van der Waals surface area (Å²) in [6.07, 6.45) is 32.4. The molecule has 1 heterocycles. The molecule has 1 aliphatic heterocycles. The van der Waals surface area contributed by atoms with E-state index in [1.807, 2.05) is 0 Å². The topological polar surface area (TPSA) is 88.2 Å². The Bertz CT molecular complexity index is 896. The molecule has 2 unspecified atom stereocenters. The lowest BCUT2D eigenvalue weighted by molar-refractivity contribution is -0.149. The van der Waals surface area contributed by atoms with E-state index in [0.29, 0.717) is 51.6 Å². The van der Waals surface area contributed by atoms with Crippen molar-refractivity contribution in [2.24, 2.45) is 11.8 Å². The van der Waals surface area contributed by atoms with Gasteiger partial charge >= 0.3 is 11.9 Å². The summed E-state index contributed by atoms with van der Waals surface area (Å²) in [5.74, 6) is 0.150. The van der Waals surface area contributed by atoms with Crippen molar-refractivity contribution in [1.29, 1.82) is 0 Å². The van der Waals surface area contributed by atoms with Crippen LogP contribution in [0.4, 0.5) is 0 Å². The van der Waals surface area contributed by atoms with Crippen molar-refractivity contribution in [3.63, 3.8) is 0 Å². The highest BCUT2D eigenvalue weighted by molar-refractivity contribution is 5.77. The molecule has 1 fully saturated rings. The fourth-order valence-electron chi connectivity index (χ4n) is 7.89. The maximum atomic E-state index is 13.5. The lowest BCUT2D eigenvalue weighted by Gasteiger charge is -2.23. The van der Waals surface area contributed by atoms with Crippen molar-refractivity contribution in [3.05, 3.63) is 0 Å². The molecule has 0 spiro atoms. The number of amides is 1. The Labute approximate surface area is 340 Å². The van der Waals surface area contributed by atoms with Crippen LogP contribution in [-0.2, 0) is 23.9 Å². The molecular weight excluding hydrogens is 687 g/mol. The van der Waals surface area contributed by atoms with E-state index in [2.05, 4.69) is 37.9 Å². The summed E-state index contributed by atoms with van der Waals surface area (Å²) in [4.78, 5) is 44.0. The number of carbonyl (C=O) groups excluding carboxylic acids is 3. The zero-order valence-corrected chi connectivity index (χ0v) is 37.0. The molecule has 1 N–H and O–H groups in total. The number of esters is 2. The monoisotopic (exact) mass is 778 g/mol. The lowest BCUT2D eigenvalue weighted by atomic mass is 9.94. The van der Waals surface area contributed by atoms with Crippen molar-refractivity contribution in [2.45, 2.75) is 214 Å². The van der Waals surface area contributed by atoms with Crippen LogP contribution in [-0.4, -0.2) is 86.7 Å². The van der Waals surface area contributed by atoms with Gasteiger partial charge in [0.15, 0.2) is 0 Å². The molecule has 0 saturated carbocycles. The van der Waals surface area contributed by atoms with Crippen LogP contribution in [0.15, 0.2) is 0 Å². The van der Waals surface area contributed by atoms with Gasteiger partial charge in [0.2, 0.25) is 5.91 Å². The molecular formula is C47H91N3O5. The van der Waals surface area contributed by atoms with Crippen molar-refractivity contribution < 1.29 is 23.9 Å². The molecule has 1 rings (SSSR count). The van der Waals surface area contributed by atoms with Crippen LogP contribution in [0.25, 0.3) is 0 Å². The van der Waals surface area contributed by atoms with Gasteiger partial charge in [-0.1, -0.05) is 156 Å². The third-order valence-electron chi connectivity index (χ3n) is 11.6. The van der Waals surface area contributed by atoms with Gasteiger partial charge in [-0.25, -0.2) is 0 Å². The van der Waals surface area contributed by atoms with Gasteiger partial charge in [0, 0.05) is 39.1 Å². The van der Waals surface area contributed by atoms with Gasteiger partial charge in [-0.3, -0.25) is 14.4 Å². The molecule has 1 saturated heterocycles. The van der Waals surface area contributed by atoms with Crippen molar-refractivity contribution in [3.8, 4) is 0 Å². The molecule has 0 aromatic heterocycles. The first-order valence-corrected chi connectivity index (χ1v) is 24.0. The minimum absolute atomic E-state index is 0.0290. The van der Waals surface area contributed by atoms with E-state index in [9.17, 15) is 14.4 Å². The average molecular weight is 778 g/mol. The first-order chi connectivity index (χ1) is 26.9. The van der Waals surface area contributed by atoms with Gasteiger partial charge in [0.25, 0.3) is 0 Å². The Balaban J connectivity index is 2.67. The summed E-state index contributed by atoms with van der Waals surface area (Å²) in [6, 6.07) is 0. The normalized spacial score (nSPS) is 14.3. The van der Waals surface area contributed by atoms with Gasteiger partial charge in [-0.05, 0) is 64.0 Å². The van der Waals surface area contributed by atoms with Crippen molar-refractivity contribution >= 4 is 17.8 Å². The molecule has 55 heavy (non-hydrogen) atoms. The van der Waals surface area contributed by atoms with E-state index < -0.39 is 0 Å². The fourth-order valence-corrected chi connectivity index (χ4v) is 7.89. The summed E-state index contributed by atoms with van der Waals surface area (Å²) in [5.41, 5.74) is 0. The largest absolute Gasteiger partial charge is 0.465 e. The van der Waals surface area contributed by atoms with Crippen LogP contribution in [0.1, 0.15) is 214 Å². The number of hydrogen-bond donors (Lipinski definition) is 1. The van der Waals surface area contributed by atoms with E-state index in [1.165, 1.54) is 142 Å². The van der Waals surface area contributed by atoms with E-state index in [-0.39, 0.29) is 30.2 Å². The smallest absolute Gasteiger partial charge is 0.308 e. The molecule has 0 aliphatic carbocycles. The van der Waals surface area contributed by atoms with Crippen molar-refractivity contribution in [2.75, 3.05) is 59.0 Å². The van der Waals surface area contributed by atoms with E-state index in [1.54, 1.807) is 4.90 Å². The quantitative estimate of drug-likeness (QED) is 0.0489. The minimum Gasteiger partial charge on any atom is -0.465 e. The number of nitrogens with zero attached hydrogens (tertiary/aromatic N) is 2. The molecule has 1 aliphatic rings. The highest BCUT2D eigenvalue weighted by atomic mass is 16.5. The maximum absolute atomic E-state index is 13.5. The number of nitrogens with one attached hydrogen (secondary N) is 1. The second kappa shape index (κ2) is 37.9. The Morgan fingerprint density at radius 3 is 1.65 bits per heavy atom. The standard InChI is InChI=1S/C47H91N3O5/c1-5-9-13-17-19-22-29-43(28-21-15-11-7-3)42-55-46(52)33-39-50(45(51)32-34-48-35-40-49-36-25-26-37-49)38-27-41-54-47(53)44(30-23-16-12-8-4)31-24-20-18-14-10-6-2/h43-44,48H,5-42H2,1-4H3. The van der Waals surface area contributed by atoms with Crippen LogP contribution in [0, 0.1) is 11.8 Å². The Kier molecular flexibility index (Phi) is 35.4. The summed E-state index contributed by atoms with van der Waals surface area (Å²) in [6.45, 7) is 15.4. The van der Waals surface area contributed by atoms with Crippen LogP contribution in [0.2, 0.25) is 0 Å². The summed E-state index contributed by atoms with van der Waals surface area (Å²) >= 11 is 0. The van der Waals surface area contributed by atoms with E-state index >= 15 is 0 Å². The Hall–Kier alpha value is -1.67. The summed E-state index contributed by atoms with van der Waals surface area (Å²) < 4.78 is 11.7. The maximum Gasteiger partial charge on any atom is 0.308 e. The molecule has 8 nitrogen and oxygen atoms in total. The van der Waals surface area contributed by atoms with Gasteiger partial charge < -0.3 is 24.6 Å². The van der Waals surface area contributed by atoms with Crippen LogP contribution < -0.4 is 5.32 Å². The van der Waals surface area contributed by atoms with Crippen LogP contribution in [0.3, 0.4) is 0 Å². The van der Waals surface area contributed by atoms with Crippen LogP contribution >= 0.6 is 0 Å². The van der Waals surface area contributed by atoms with Crippen LogP contribution in [0.5, 0.6) is 0 Å². The zero-order chi connectivity index (χ0) is 40.0. The highest BCUT2D eigenvalue weighted by Gasteiger charge is 2.21. The first kappa shape index (κ1) is 51.3. The van der Waals surface area contributed by atoms with Gasteiger partial charge in [-0.2, -0.15) is 0 Å². The molecule has 0 bridgehead atoms. The Morgan fingerprint density at radius 1 is 0.582 bits per heavy atom. The number of rotatable bonds is 40. The molecule has 0 aromatic carbocycles. The minimum atomic E-state index is -0.213. The Morgan fingerprint density at radius 2 is 1.09 bits per heavy atom. The lowest BCUT2D eigenvalue weighted by Crippen LogP contribution is -2.37. The second-order valence-electron chi connectivity index (χ2n) is 16.8. The first-order valence-electron chi connectivity index (χ1n) is 24.0. The number of carbonyl (C=O) groups is 3. The fraction of sp³-hybridized carbons (Fsp3) is 0.936. The number of likely N-dealkylation sites (tertiary alicyclic amines) is 1. The number of hydrogen-bond acceptors (Lipinski definition) is 7. The SMILES string of the molecule is CCCCCCCCC(CCCCCC)COC(=O)CCN(CCCOC(=O)C(CCCCCC)CCCCCCCC)C(=O)CCNCCN1CCCC1. The van der Waals surface area contributed by atoms with E-state index in [4.69, 9.17) is 9.47 Å². The van der Waals surface area contributed by atoms with Gasteiger partial charge in [-0.15, -0.1) is 0 Å². The third-order valence-corrected chi connectivity index (χ3v) is 11.6. The summed E-state index contributed by atoms with van der Waals surface area (Å²) in [5, 5.41) is 3.45. The molecule has 8 heteroatoms. The average Bonchev–Trinajstić information content (AvgIpc) is 3.71. The number of ether oxygens (including phenoxy) is 2. The molecule has 0 radical (unpaired) electrons. The molecule has 324 valence electrons. The zero-order valence-electron chi connectivity index (χ0n) is 37.0. The van der Waals surface area contributed by atoms with Crippen molar-refractivity contribution in [1.82, 2.24) is 15.1 Å². The third kappa shape index (κ3) is 30.1. The second-order valence-corrected chi connectivity index (χ2v) is 16.8. The molecule has 1 amide bonds.